The van der Waals surface area contributed by atoms with Crippen molar-refractivity contribution in [1.29, 1.82) is 0 Å². The summed E-state index contributed by atoms with van der Waals surface area (Å²) in [5.74, 6) is 0. The SMILES string of the molecule is Cc1cc(Cl)c(NC(=O)N2CCOCC2)cc1Cl. The number of carbonyl (C=O) groups is 1. The van der Waals surface area contributed by atoms with Gasteiger partial charge < -0.3 is 15.0 Å². The smallest absolute Gasteiger partial charge is 0.322 e. The Morgan fingerprint density at radius 1 is 1.28 bits per heavy atom. The lowest BCUT2D eigenvalue weighted by Crippen LogP contribution is -2.43. The highest BCUT2D eigenvalue weighted by molar-refractivity contribution is 6.36. The Morgan fingerprint density at radius 2 is 1.94 bits per heavy atom. The summed E-state index contributed by atoms with van der Waals surface area (Å²) in [5.41, 5.74) is 1.41. The van der Waals surface area contributed by atoms with Crippen LogP contribution in [0.4, 0.5) is 10.5 Å². The predicted octanol–water partition coefficient (Wildman–Crippen LogP) is 3.17. The number of rotatable bonds is 1. The van der Waals surface area contributed by atoms with E-state index in [9.17, 15) is 4.79 Å². The third kappa shape index (κ3) is 3.07. The van der Waals surface area contributed by atoms with Gasteiger partial charge in [-0.2, -0.15) is 0 Å². The molecule has 1 heterocycles. The number of halogens is 2. The number of carbonyl (C=O) groups excluding carboxylic acids is 1. The number of hydrogen-bond donors (Lipinski definition) is 1. The van der Waals surface area contributed by atoms with Crippen molar-refractivity contribution in [3.63, 3.8) is 0 Å². The molecule has 1 aromatic rings. The summed E-state index contributed by atoms with van der Waals surface area (Å²) in [4.78, 5) is 13.7. The summed E-state index contributed by atoms with van der Waals surface area (Å²) < 4.78 is 5.19. The topological polar surface area (TPSA) is 41.6 Å². The van der Waals surface area contributed by atoms with E-state index in [1.165, 1.54) is 0 Å². The molecule has 98 valence electrons. The van der Waals surface area contributed by atoms with Gasteiger partial charge >= 0.3 is 6.03 Å². The molecular formula is C12H14Cl2N2O2. The third-order valence-corrected chi connectivity index (χ3v) is 3.51. The van der Waals surface area contributed by atoms with Crippen molar-refractivity contribution in [2.24, 2.45) is 0 Å². The van der Waals surface area contributed by atoms with Gasteiger partial charge in [0, 0.05) is 18.1 Å². The van der Waals surface area contributed by atoms with Gasteiger partial charge in [0.1, 0.15) is 0 Å². The fourth-order valence-corrected chi connectivity index (χ4v) is 2.13. The Morgan fingerprint density at radius 3 is 2.61 bits per heavy atom. The lowest BCUT2D eigenvalue weighted by atomic mass is 10.2. The molecule has 0 bridgehead atoms. The van der Waals surface area contributed by atoms with E-state index in [0.717, 1.165) is 5.56 Å². The molecule has 0 spiro atoms. The number of urea groups is 1. The first-order chi connectivity index (χ1) is 8.58. The van der Waals surface area contributed by atoms with Crippen LogP contribution in [-0.4, -0.2) is 37.2 Å². The molecule has 2 amide bonds. The molecule has 0 radical (unpaired) electrons. The number of ether oxygens (including phenoxy) is 1. The molecule has 1 aromatic carbocycles. The van der Waals surface area contributed by atoms with Crippen molar-refractivity contribution in [2.45, 2.75) is 6.92 Å². The molecule has 0 atom stereocenters. The zero-order valence-electron chi connectivity index (χ0n) is 10.0. The van der Waals surface area contributed by atoms with Gasteiger partial charge in [-0.1, -0.05) is 23.2 Å². The van der Waals surface area contributed by atoms with Crippen molar-refractivity contribution in [3.05, 3.63) is 27.7 Å². The molecule has 0 saturated carbocycles. The van der Waals surface area contributed by atoms with Crippen LogP contribution in [0.3, 0.4) is 0 Å². The Labute approximate surface area is 116 Å². The maximum absolute atomic E-state index is 12.0. The second-order valence-corrected chi connectivity index (χ2v) is 4.93. The third-order valence-electron chi connectivity index (χ3n) is 2.79. The number of benzene rings is 1. The van der Waals surface area contributed by atoms with Gasteiger partial charge in [0.05, 0.1) is 23.9 Å². The summed E-state index contributed by atoms with van der Waals surface area (Å²) in [6.07, 6.45) is 0. The van der Waals surface area contributed by atoms with Gasteiger partial charge in [0.25, 0.3) is 0 Å². The van der Waals surface area contributed by atoms with Crippen molar-refractivity contribution in [3.8, 4) is 0 Å². The summed E-state index contributed by atoms with van der Waals surface area (Å²) >= 11 is 12.1. The van der Waals surface area contributed by atoms with Gasteiger partial charge in [-0.05, 0) is 24.6 Å². The first-order valence-electron chi connectivity index (χ1n) is 5.67. The number of amides is 2. The van der Waals surface area contributed by atoms with E-state index in [1.807, 2.05) is 6.92 Å². The molecule has 1 aliphatic rings. The van der Waals surface area contributed by atoms with E-state index < -0.39 is 0 Å². The summed E-state index contributed by atoms with van der Waals surface area (Å²) in [5, 5.41) is 3.83. The molecule has 1 saturated heterocycles. The molecular weight excluding hydrogens is 275 g/mol. The minimum Gasteiger partial charge on any atom is -0.378 e. The van der Waals surface area contributed by atoms with Gasteiger partial charge in [-0.25, -0.2) is 4.79 Å². The largest absolute Gasteiger partial charge is 0.378 e. The zero-order chi connectivity index (χ0) is 13.1. The van der Waals surface area contributed by atoms with Crippen LogP contribution in [0.25, 0.3) is 0 Å². The Balaban J connectivity index is 2.08. The molecule has 18 heavy (non-hydrogen) atoms. The van der Waals surface area contributed by atoms with E-state index in [4.69, 9.17) is 27.9 Å². The summed E-state index contributed by atoms with van der Waals surface area (Å²) in [6, 6.07) is 3.22. The second-order valence-electron chi connectivity index (χ2n) is 4.11. The Bertz CT molecular complexity index is 460. The molecule has 1 N–H and O–H groups in total. The van der Waals surface area contributed by atoms with Crippen LogP contribution >= 0.6 is 23.2 Å². The maximum atomic E-state index is 12.0. The van der Waals surface area contributed by atoms with E-state index >= 15 is 0 Å². The summed E-state index contributed by atoms with van der Waals surface area (Å²) in [7, 11) is 0. The lowest BCUT2D eigenvalue weighted by Gasteiger charge is -2.27. The Hall–Kier alpha value is -0.970. The number of morpholine rings is 1. The first-order valence-corrected chi connectivity index (χ1v) is 6.43. The van der Waals surface area contributed by atoms with Crippen molar-refractivity contribution >= 4 is 34.9 Å². The Kier molecular flexibility index (Phi) is 4.32. The monoisotopic (exact) mass is 288 g/mol. The van der Waals surface area contributed by atoms with Crippen LogP contribution in [0.1, 0.15) is 5.56 Å². The van der Waals surface area contributed by atoms with E-state index in [2.05, 4.69) is 5.32 Å². The van der Waals surface area contributed by atoms with Crippen molar-refractivity contribution < 1.29 is 9.53 Å². The van der Waals surface area contributed by atoms with Crippen LogP contribution in [0.15, 0.2) is 12.1 Å². The average molecular weight is 289 g/mol. The fourth-order valence-electron chi connectivity index (χ4n) is 1.70. The van der Waals surface area contributed by atoms with Gasteiger partial charge in [0.15, 0.2) is 0 Å². The number of nitrogens with one attached hydrogen (secondary N) is 1. The number of nitrogens with zero attached hydrogens (tertiary/aromatic N) is 1. The van der Waals surface area contributed by atoms with E-state index in [1.54, 1.807) is 17.0 Å². The normalized spacial score (nSPS) is 15.6. The molecule has 1 aliphatic heterocycles. The van der Waals surface area contributed by atoms with Crippen LogP contribution in [-0.2, 0) is 4.74 Å². The minimum absolute atomic E-state index is 0.180. The predicted molar refractivity (Wildman–Crippen MR) is 72.6 cm³/mol. The number of hydrogen-bond acceptors (Lipinski definition) is 2. The molecule has 4 nitrogen and oxygen atoms in total. The minimum atomic E-state index is -0.180. The molecule has 2 rings (SSSR count). The maximum Gasteiger partial charge on any atom is 0.322 e. The van der Waals surface area contributed by atoms with Crippen LogP contribution < -0.4 is 5.32 Å². The first kappa shape index (κ1) is 13.5. The summed E-state index contributed by atoms with van der Waals surface area (Å²) in [6.45, 7) is 4.17. The van der Waals surface area contributed by atoms with Gasteiger partial charge in [0.2, 0.25) is 0 Å². The van der Waals surface area contributed by atoms with Gasteiger partial charge in [-0.15, -0.1) is 0 Å². The second kappa shape index (κ2) is 5.78. The van der Waals surface area contributed by atoms with Crippen LogP contribution in [0.2, 0.25) is 10.0 Å². The van der Waals surface area contributed by atoms with E-state index in [0.29, 0.717) is 42.0 Å². The molecule has 0 unspecified atom stereocenters. The highest BCUT2D eigenvalue weighted by Crippen LogP contribution is 2.29. The molecule has 0 aliphatic carbocycles. The lowest BCUT2D eigenvalue weighted by molar-refractivity contribution is 0.0564. The highest BCUT2D eigenvalue weighted by Gasteiger charge is 2.17. The fraction of sp³-hybridized carbons (Fsp3) is 0.417. The molecule has 0 aromatic heterocycles. The number of anilines is 1. The van der Waals surface area contributed by atoms with Crippen LogP contribution in [0, 0.1) is 6.92 Å². The zero-order valence-corrected chi connectivity index (χ0v) is 11.5. The highest BCUT2D eigenvalue weighted by atomic mass is 35.5. The van der Waals surface area contributed by atoms with Gasteiger partial charge in [-0.3, -0.25) is 0 Å². The molecule has 1 fully saturated rings. The number of aryl methyl sites for hydroxylation is 1. The van der Waals surface area contributed by atoms with Crippen LogP contribution in [0.5, 0.6) is 0 Å². The van der Waals surface area contributed by atoms with Crippen molar-refractivity contribution in [1.82, 2.24) is 4.90 Å². The quantitative estimate of drug-likeness (QED) is 0.862. The standard InChI is InChI=1S/C12H14Cl2N2O2/c1-8-6-10(14)11(7-9(8)13)15-12(17)16-2-4-18-5-3-16/h6-7H,2-5H2,1H3,(H,15,17). The van der Waals surface area contributed by atoms with Crippen molar-refractivity contribution in [2.75, 3.05) is 31.6 Å². The average Bonchev–Trinajstić information content (AvgIpc) is 2.37. The molecule has 6 heteroatoms. The van der Waals surface area contributed by atoms with E-state index in [-0.39, 0.29) is 6.03 Å².